The molecule has 0 aliphatic heterocycles. The molecule has 1 aromatic carbocycles. The fourth-order valence-corrected chi connectivity index (χ4v) is 1.33. The Kier molecular flexibility index (Phi) is 4.24. The van der Waals surface area contributed by atoms with Gasteiger partial charge in [-0.1, -0.05) is 18.2 Å². The molecule has 0 aliphatic rings. The van der Waals surface area contributed by atoms with E-state index >= 15 is 0 Å². The molecule has 0 radical (unpaired) electrons. The SMILES string of the molecule is CC(=O)CN(C)C(=S)Nc1ccccc1. The third kappa shape index (κ3) is 4.08. The van der Waals surface area contributed by atoms with Gasteiger partial charge in [0.15, 0.2) is 5.11 Å². The molecule has 3 nitrogen and oxygen atoms in total. The lowest BCUT2D eigenvalue weighted by Gasteiger charge is -2.19. The highest BCUT2D eigenvalue weighted by molar-refractivity contribution is 7.80. The van der Waals surface area contributed by atoms with Crippen LogP contribution in [0.1, 0.15) is 6.92 Å². The molecule has 1 aromatic rings. The first kappa shape index (κ1) is 11.7. The second-order valence-electron chi connectivity index (χ2n) is 3.35. The Labute approximate surface area is 95.1 Å². The molecule has 0 saturated carbocycles. The summed E-state index contributed by atoms with van der Waals surface area (Å²) in [6.07, 6.45) is 0. The fourth-order valence-electron chi connectivity index (χ4n) is 1.15. The average Bonchev–Trinajstić information content (AvgIpc) is 2.18. The summed E-state index contributed by atoms with van der Waals surface area (Å²) in [7, 11) is 1.79. The summed E-state index contributed by atoms with van der Waals surface area (Å²) in [5, 5.41) is 3.60. The van der Waals surface area contributed by atoms with Crippen LogP contribution in [0.15, 0.2) is 30.3 Å². The van der Waals surface area contributed by atoms with E-state index in [-0.39, 0.29) is 5.78 Å². The van der Waals surface area contributed by atoms with Crippen LogP contribution < -0.4 is 5.32 Å². The number of rotatable bonds is 3. The topological polar surface area (TPSA) is 32.3 Å². The first-order valence-corrected chi connectivity index (χ1v) is 5.07. The number of nitrogens with one attached hydrogen (secondary N) is 1. The van der Waals surface area contributed by atoms with Gasteiger partial charge in [-0.15, -0.1) is 0 Å². The highest BCUT2D eigenvalue weighted by Crippen LogP contribution is 2.05. The molecule has 0 spiro atoms. The van der Waals surface area contributed by atoms with E-state index in [9.17, 15) is 4.79 Å². The standard InChI is InChI=1S/C11H14N2OS/c1-9(14)8-13(2)11(15)12-10-6-4-3-5-7-10/h3-7H,8H2,1-2H3,(H,12,15). The van der Waals surface area contributed by atoms with Gasteiger partial charge in [0.2, 0.25) is 0 Å². The van der Waals surface area contributed by atoms with E-state index in [2.05, 4.69) is 5.32 Å². The molecule has 1 N–H and O–H groups in total. The number of carbonyl (C=O) groups excluding carboxylic acids is 1. The molecular weight excluding hydrogens is 208 g/mol. The summed E-state index contributed by atoms with van der Waals surface area (Å²) in [5.41, 5.74) is 0.929. The zero-order valence-corrected chi connectivity index (χ0v) is 9.67. The minimum absolute atomic E-state index is 0.0923. The van der Waals surface area contributed by atoms with Crippen molar-refractivity contribution in [1.82, 2.24) is 4.90 Å². The zero-order chi connectivity index (χ0) is 11.3. The van der Waals surface area contributed by atoms with Gasteiger partial charge in [-0.3, -0.25) is 4.79 Å². The summed E-state index contributed by atoms with van der Waals surface area (Å²) in [6, 6.07) is 9.64. The van der Waals surface area contributed by atoms with E-state index in [0.29, 0.717) is 11.7 Å². The molecule has 0 unspecified atom stereocenters. The third-order valence-corrected chi connectivity index (χ3v) is 2.25. The summed E-state index contributed by atoms with van der Waals surface area (Å²) < 4.78 is 0. The molecule has 0 fully saturated rings. The Balaban J connectivity index is 2.52. The van der Waals surface area contributed by atoms with E-state index in [1.807, 2.05) is 30.3 Å². The minimum Gasteiger partial charge on any atom is -0.345 e. The number of carbonyl (C=O) groups is 1. The average molecular weight is 222 g/mol. The summed E-state index contributed by atoms with van der Waals surface area (Å²) in [4.78, 5) is 12.6. The largest absolute Gasteiger partial charge is 0.345 e. The van der Waals surface area contributed by atoms with Gasteiger partial charge in [0.1, 0.15) is 5.78 Å². The van der Waals surface area contributed by atoms with Crippen LogP contribution in [0.4, 0.5) is 5.69 Å². The van der Waals surface area contributed by atoms with E-state index in [4.69, 9.17) is 12.2 Å². The van der Waals surface area contributed by atoms with Gasteiger partial charge in [-0.2, -0.15) is 0 Å². The number of Topliss-reactive ketones (excluding diaryl/α,β-unsaturated/α-hetero) is 1. The van der Waals surface area contributed by atoms with E-state index in [1.54, 1.807) is 18.9 Å². The number of nitrogens with zero attached hydrogens (tertiary/aromatic N) is 1. The normalized spacial score (nSPS) is 9.47. The van der Waals surface area contributed by atoms with Gasteiger partial charge in [-0.05, 0) is 31.3 Å². The summed E-state index contributed by atoms with van der Waals surface area (Å²) in [6.45, 7) is 1.88. The second-order valence-corrected chi connectivity index (χ2v) is 3.74. The Morgan fingerprint density at radius 3 is 2.53 bits per heavy atom. The maximum absolute atomic E-state index is 10.9. The third-order valence-electron chi connectivity index (χ3n) is 1.83. The molecule has 0 amide bonds. The summed E-state index contributed by atoms with van der Waals surface area (Å²) >= 11 is 5.14. The molecular formula is C11H14N2OS. The van der Waals surface area contributed by atoms with Crippen LogP contribution in [0, 0.1) is 0 Å². The number of anilines is 1. The van der Waals surface area contributed by atoms with Crippen molar-refractivity contribution in [3.8, 4) is 0 Å². The van der Waals surface area contributed by atoms with Gasteiger partial charge < -0.3 is 10.2 Å². The molecule has 0 heterocycles. The van der Waals surface area contributed by atoms with Crippen molar-refractivity contribution in [3.63, 3.8) is 0 Å². The minimum atomic E-state index is 0.0923. The number of likely N-dealkylation sites (N-methyl/N-ethyl adjacent to an activating group) is 1. The zero-order valence-electron chi connectivity index (χ0n) is 8.86. The second kappa shape index (κ2) is 5.46. The van der Waals surface area contributed by atoms with E-state index in [0.717, 1.165) is 5.69 Å². The number of para-hydroxylation sites is 1. The number of benzene rings is 1. The lowest BCUT2D eigenvalue weighted by atomic mass is 10.3. The van der Waals surface area contributed by atoms with Crippen molar-refractivity contribution in [2.75, 3.05) is 18.9 Å². The molecule has 0 bridgehead atoms. The van der Waals surface area contributed by atoms with Crippen LogP contribution in [0.25, 0.3) is 0 Å². The van der Waals surface area contributed by atoms with E-state index < -0.39 is 0 Å². The van der Waals surface area contributed by atoms with Crippen molar-refractivity contribution in [2.45, 2.75) is 6.92 Å². The Morgan fingerprint density at radius 2 is 2.00 bits per heavy atom. The van der Waals surface area contributed by atoms with Crippen molar-refractivity contribution >= 4 is 28.8 Å². The highest BCUT2D eigenvalue weighted by atomic mass is 32.1. The monoisotopic (exact) mass is 222 g/mol. The predicted molar refractivity (Wildman–Crippen MR) is 66.0 cm³/mol. The molecule has 80 valence electrons. The molecule has 1 rings (SSSR count). The molecule has 0 atom stereocenters. The fraction of sp³-hybridized carbons (Fsp3) is 0.273. The van der Waals surface area contributed by atoms with Crippen LogP contribution in [-0.4, -0.2) is 29.4 Å². The van der Waals surface area contributed by atoms with Gasteiger partial charge in [-0.25, -0.2) is 0 Å². The Hall–Kier alpha value is -1.42. The van der Waals surface area contributed by atoms with Crippen LogP contribution >= 0.6 is 12.2 Å². The quantitative estimate of drug-likeness (QED) is 0.792. The maximum Gasteiger partial charge on any atom is 0.173 e. The number of thiocarbonyl (C=S) groups is 1. The van der Waals surface area contributed by atoms with Crippen molar-refractivity contribution < 1.29 is 4.79 Å². The lowest BCUT2D eigenvalue weighted by molar-refractivity contribution is -0.117. The van der Waals surface area contributed by atoms with Crippen molar-refractivity contribution in [3.05, 3.63) is 30.3 Å². The van der Waals surface area contributed by atoms with Crippen LogP contribution in [0.5, 0.6) is 0 Å². The van der Waals surface area contributed by atoms with Gasteiger partial charge in [0.05, 0.1) is 6.54 Å². The smallest absolute Gasteiger partial charge is 0.173 e. The van der Waals surface area contributed by atoms with Crippen molar-refractivity contribution in [1.29, 1.82) is 0 Å². The molecule has 0 aliphatic carbocycles. The van der Waals surface area contributed by atoms with Gasteiger partial charge in [0.25, 0.3) is 0 Å². The Morgan fingerprint density at radius 1 is 1.40 bits per heavy atom. The lowest BCUT2D eigenvalue weighted by Crippen LogP contribution is -2.34. The number of ketones is 1. The molecule has 0 aromatic heterocycles. The number of hydrogen-bond acceptors (Lipinski definition) is 2. The first-order valence-electron chi connectivity index (χ1n) is 4.66. The molecule has 4 heteroatoms. The van der Waals surface area contributed by atoms with Gasteiger partial charge >= 0.3 is 0 Å². The van der Waals surface area contributed by atoms with Gasteiger partial charge in [0, 0.05) is 12.7 Å². The first-order chi connectivity index (χ1) is 7.09. The predicted octanol–water partition coefficient (Wildman–Crippen LogP) is 1.90. The maximum atomic E-state index is 10.9. The van der Waals surface area contributed by atoms with Crippen LogP contribution in [-0.2, 0) is 4.79 Å². The van der Waals surface area contributed by atoms with Crippen LogP contribution in [0.3, 0.4) is 0 Å². The van der Waals surface area contributed by atoms with E-state index in [1.165, 1.54) is 0 Å². The van der Waals surface area contributed by atoms with Crippen molar-refractivity contribution in [2.24, 2.45) is 0 Å². The summed E-state index contributed by atoms with van der Waals surface area (Å²) in [5.74, 6) is 0.0923. The molecule has 0 saturated heterocycles. The Bertz CT molecular complexity index is 351. The molecule has 15 heavy (non-hydrogen) atoms. The number of hydrogen-bond donors (Lipinski definition) is 1. The van der Waals surface area contributed by atoms with Crippen LogP contribution in [0.2, 0.25) is 0 Å². The highest BCUT2D eigenvalue weighted by Gasteiger charge is 2.05.